The predicted octanol–water partition coefficient (Wildman–Crippen LogP) is 1.47. The topological polar surface area (TPSA) is 133 Å². The molecule has 3 heterocycles. The van der Waals surface area contributed by atoms with Gasteiger partial charge < -0.3 is 43.7 Å². The van der Waals surface area contributed by atoms with Gasteiger partial charge in [0, 0.05) is 30.1 Å². The van der Waals surface area contributed by atoms with Crippen molar-refractivity contribution in [3.63, 3.8) is 0 Å². The summed E-state index contributed by atoms with van der Waals surface area (Å²) in [6, 6.07) is 0. The van der Waals surface area contributed by atoms with E-state index in [1.54, 1.807) is 0 Å². The average molecular weight is 519 g/mol. The van der Waals surface area contributed by atoms with Gasteiger partial charge in [0.05, 0.1) is 43.7 Å². The third-order valence-electron chi connectivity index (χ3n) is 7.68. The van der Waals surface area contributed by atoms with Gasteiger partial charge in [-0.1, -0.05) is 41.5 Å². The normalized spacial score (nSPS) is 46.0. The maximum Gasteiger partial charge on any atom is 0.306 e. The molecule has 0 bridgehead atoms. The smallest absolute Gasteiger partial charge is 0.306 e. The number of aliphatic hydroxyl groups excluding tert-OH is 3. The van der Waals surface area contributed by atoms with E-state index in [1.165, 1.54) is 0 Å². The molecule has 0 radical (unpaired) electrons. The largest absolute Gasteiger partial charge is 0.463 e. The molecular weight excluding hydrogens is 472 g/mol. The number of carbonyl (C=O) groups excluding carboxylic acids is 1. The molecule has 3 aliphatic rings. The summed E-state index contributed by atoms with van der Waals surface area (Å²) in [4.78, 5) is 12.1. The van der Waals surface area contributed by atoms with Crippen LogP contribution in [0.3, 0.4) is 0 Å². The molecule has 10 heteroatoms. The molecule has 210 valence electrons. The summed E-state index contributed by atoms with van der Waals surface area (Å²) in [7, 11) is 0. The fourth-order valence-corrected chi connectivity index (χ4v) is 4.98. The van der Waals surface area contributed by atoms with E-state index in [4.69, 9.17) is 28.4 Å². The molecule has 3 N–H and O–H groups in total. The van der Waals surface area contributed by atoms with Gasteiger partial charge in [-0.3, -0.25) is 4.79 Å². The Balaban J connectivity index is 1.71. The Labute approximate surface area is 214 Å². The highest BCUT2D eigenvalue weighted by Crippen LogP contribution is 2.35. The van der Waals surface area contributed by atoms with E-state index in [9.17, 15) is 20.1 Å². The van der Waals surface area contributed by atoms with Crippen molar-refractivity contribution in [1.29, 1.82) is 0 Å². The van der Waals surface area contributed by atoms with Gasteiger partial charge in [0.2, 0.25) is 0 Å². The number of hydrogen-bond acceptors (Lipinski definition) is 10. The molecule has 3 aliphatic heterocycles. The van der Waals surface area contributed by atoms with E-state index < -0.39 is 55.1 Å². The summed E-state index contributed by atoms with van der Waals surface area (Å²) >= 11 is 0. The lowest BCUT2D eigenvalue weighted by Crippen LogP contribution is -2.60. The first kappa shape index (κ1) is 29.7. The zero-order valence-electron chi connectivity index (χ0n) is 22.6. The van der Waals surface area contributed by atoms with Crippen molar-refractivity contribution in [2.24, 2.45) is 29.6 Å². The third-order valence-corrected chi connectivity index (χ3v) is 7.68. The van der Waals surface area contributed by atoms with Crippen LogP contribution in [0, 0.1) is 29.6 Å². The number of rotatable bonds is 8. The molecule has 36 heavy (non-hydrogen) atoms. The molecule has 3 saturated heterocycles. The highest BCUT2D eigenvalue weighted by molar-refractivity contribution is 5.69. The van der Waals surface area contributed by atoms with Crippen molar-refractivity contribution in [2.75, 3.05) is 19.8 Å². The van der Waals surface area contributed by atoms with Gasteiger partial charge in [-0.25, -0.2) is 0 Å². The van der Waals surface area contributed by atoms with Crippen LogP contribution >= 0.6 is 0 Å². The Bertz CT molecular complexity index is 704. The lowest BCUT2D eigenvalue weighted by Gasteiger charge is -2.47. The van der Waals surface area contributed by atoms with Crippen LogP contribution in [0.15, 0.2) is 0 Å². The quantitative estimate of drug-likeness (QED) is 0.406. The minimum atomic E-state index is -0.971. The van der Waals surface area contributed by atoms with Crippen LogP contribution < -0.4 is 0 Å². The predicted molar refractivity (Wildman–Crippen MR) is 129 cm³/mol. The van der Waals surface area contributed by atoms with Crippen molar-refractivity contribution in [3.05, 3.63) is 0 Å². The molecule has 13 atom stereocenters. The fraction of sp³-hybridized carbons (Fsp3) is 0.962. The van der Waals surface area contributed by atoms with E-state index in [2.05, 4.69) is 0 Å². The van der Waals surface area contributed by atoms with Gasteiger partial charge >= 0.3 is 5.97 Å². The number of hydrogen-bond donors (Lipinski definition) is 3. The molecule has 0 saturated carbocycles. The molecular formula is C26H46O10. The van der Waals surface area contributed by atoms with Crippen LogP contribution in [0.5, 0.6) is 0 Å². The molecule has 0 aromatic carbocycles. The Morgan fingerprint density at radius 3 is 2.06 bits per heavy atom. The summed E-state index contributed by atoms with van der Waals surface area (Å²) in [6.45, 7) is 13.8. The molecule has 0 spiro atoms. The number of aliphatic hydroxyl groups is 3. The summed E-state index contributed by atoms with van der Waals surface area (Å²) in [5.41, 5.74) is 0. The maximum absolute atomic E-state index is 12.1. The fourth-order valence-electron chi connectivity index (χ4n) is 4.98. The Kier molecular flexibility index (Phi) is 10.6. The van der Waals surface area contributed by atoms with Gasteiger partial charge in [-0.2, -0.15) is 0 Å². The van der Waals surface area contributed by atoms with Crippen LogP contribution in [0.1, 0.15) is 54.9 Å². The first-order chi connectivity index (χ1) is 16.9. The SMILES string of the molecule is CC(C)CC(=O)OC[C@@H]1O[C@H](O[C@@H]2[C@@H](O[C@H]3[C@H](O)[C@@H](C)CO[C@@H]3C)OC[C@H](C)[C@H]2O)[C@@H](C)[C@H](O)[C@H]1C. The van der Waals surface area contributed by atoms with E-state index in [0.717, 1.165) is 0 Å². The van der Waals surface area contributed by atoms with E-state index in [0.29, 0.717) is 13.0 Å². The summed E-state index contributed by atoms with van der Waals surface area (Å²) in [5.74, 6) is -1.20. The number of ether oxygens (including phenoxy) is 6. The van der Waals surface area contributed by atoms with Crippen molar-refractivity contribution in [3.8, 4) is 0 Å². The second kappa shape index (κ2) is 12.8. The molecule has 0 amide bonds. The minimum absolute atomic E-state index is 0.00256. The average Bonchev–Trinajstić information content (AvgIpc) is 2.82. The number of esters is 1. The highest BCUT2D eigenvalue weighted by atomic mass is 16.7. The first-order valence-electron chi connectivity index (χ1n) is 13.3. The second-order valence-electron chi connectivity index (χ2n) is 11.4. The minimum Gasteiger partial charge on any atom is -0.463 e. The van der Waals surface area contributed by atoms with Crippen molar-refractivity contribution in [2.45, 2.75) is 110 Å². The second-order valence-corrected chi connectivity index (χ2v) is 11.4. The van der Waals surface area contributed by atoms with Gasteiger partial charge in [0.1, 0.15) is 18.8 Å². The van der Waals surface area contributed by atoms with Crippen LogP contribution in [0.4, 0.5) is 0 Å². The Hall–Kier alpha value is -0.850. The molecule has 0 aromatic rings. The van der Waals surface area contributed by atoms with Crippen LogP contribution in [0.2, 0.25) is 0 Å². The van der Waals surface area contributed by atoms with Crippen molar-refractivity contribution < 1.29 is 48.5 Å². The number of carbonyl (C=O) groups is 1. The maximum atomic E-state index is 12.1. The molecule has 10 nitrogen and oxygen atoms in total. The van der Waals surface area contributed by atoms with E-state index in [-0.39, 0.29) is 49.0 Å². The first-order valence-corrected chi connectivity index (χ1v) is 13.3. The van der Waals surface area contributed by atoms with Gasteiger partial charge in [0.25, 0.3) is 0 Å². The summed E-state index contributed by atoms with van der Waals surface area (Å²) < 4.78 is 35.6. The Morgan fingerprint density at radius 1 is 0.833 bits per heavy atom. The molecule has 0 aliphatic carbocycles. The van der Waals surface area contributed by atoms with E-state index in [1.807, 2.05) is 48.5 Å². The van der Waals surface area contributed by atoms with Crippen molar-refractivity contribution >= 4 is 5.97 Å². The monoisotopic (exact) mass is 518 g/mol. The molecule has 0 unspecified atom stereocenters. The van der Waals surface area contributed by atoms with Gasteiger partial charge in [0.15, 0.2) is 12.6 Å². The molecule has 3 fully saturated rings. The van der Waals surface area contributed by atoms with Crippen molar-refractivity contribution in [1.82, 2.24) is 0 Å². The standard InChI is InChI=1S/C26H46O10/c1-12(2)8-19(27)32-11-18-15(5)22(30)16(6)25(34-18)36-24-21(29)14(4)10-33-26(24)35-23-17(7)31-9-13(3)20(23)28/h12-18,20-26,28-30H,8-11H2,1-7H3/t13-,14-,15-,16-,17+,18-,20+,21+,22+,23+,24-,25+,26+/m0/s1. The van der Waals surface area contributed by atoms with Gasteiger partial charge in [-0.05, 0) is 12.8 Å². The lowest BCUT2D eigenvalue weighted by atomic mass is 9.86. The lowest BCUT2D eigenvalue weighted by molar-refractivity contribution is -0.354. The Morgan fingerprint density at radius 2 is 1.42 bits per heavy atom. The highest BCUT2D eigenvalue weighted by Gasteiger charge is 2.48. The zero-order chi connectivity index (χ0) is 26.7. The molecule has 0 aromatic heterocycles. The summed E-state index contributed by atoms with van der Waals surface area (Å²) in [6.07, 6.45) is -6.55. The van der Waals surface area contributed by atoms with Crippen LogP contribution in [-0.2, 0) is 33.2 Å². The van der Waals surface area contributed by atoms with Crippen LogP contribution in [-0.4, -0.2) is 96.4 Å². The summed E-state index contributed by atoms with van der Waals surface area (Å²) in [5, 5.41) is 32.6. The van der Waals surface area contributed by atoms with Gasteiger partial charge in [-0.15, -0.1) is 0 Å². The molecule has 3 rings (SSSR count). The zero-order valence-corrected chi connectivity index (χ0v) is 22.6. The van der Waals surface area contributed by atoms with E-state index >= 15 is 0 Å². The van der Waals surface area contributed by atoms with Crippen LogP contribution in [0.25, 0.3) is 0 Å². The third kappa shape index (κ3) is 6.96.